The summed E-state index contributed by atoms with van der Waals surface area (Å²) in [5, 5.41) is 26.8. The number of amides is 1. The molecule has 0 radical (unpaired) electrons. The minimum Gasteiger partial charge on any atom is -0.867 e. The summed E-state index contributed by atoms with van der Waals surface area (Å²) < 4.78 is 0.356. The van der Waals surface area contributed by atoms with Crippen molar-refractivity contribution in [3.05, 3.63) is 67.1 Å². The largest absolute Gasteiger partial charge is 0.867 e. The number of nitrogens with zero attached hydrogens (tertiary/aromatic N) is 2. The zero-order chi connectivity index (χ0) is 17.0. The molecule has 9 heteroatoms. The van der Waals surface area contributed by atoms with Gasteiger partial charge in [-0.05, 0) is 41.6 Å². The number of nitrogens with one attached hydrogen (secondary N) is 1. The van der Waals surface area contributed by atoms with E-state index in [0.29, 0.717) is 15.1 Å². The van der Waals surface area contributed by atoms with Crippen molar-refractivity contribution in [3.63, 3.8) is 0 Å². The van der Waals surface area contributed by atoms with Crippen LogP contribution in [-0.2, 0) is 0 Å². The second kappa shape index (κ2) is 7.21. The van der Waals surface area contributed by atoms with E-state index in [1.807, 2.05) is 0 Å². The fraction of sp³-hybridized carbons (Fsp3) is 0. The van der Waals surface area contributed by atoms with Crippen LogP contribution in [0.15, 0.2) is 46.0 Å². The molecule has 0 aliphatic heterocycles. The summed E-state index contributed by atoms with van der Waals surface area (Å²) in [6, 6.07) is 8.59. The van der Waals surface area contributed by atoms with Gasteiger partial charge >= 0.3 is 0 Å². The van der Waals surface area contributed by atoms with Gasteiger partial charge in [-0.1, -0.05) is 27.5 Å². The fourth-order valence-corrected chi connectivity index (χ4v) is 2.25. The van der Waals surface area contributed by atoms with Gasteiger partial charge in [-0.3, -0.25) is 14.9 Å². The van der Waals surface area contributed by atoms with E-state index in [2.05, 4.69) is 26.5 Å². The standard InChI is InChI=1S/C14H9BrClN3O4/c15-10-5-9(13(20)12(6-10)19(22)23)7-17-18-14(21)8-1-3-11(16)4-2-8/h1-7,20H,(H,18,21)/p-1/b17-7-. The fourth-order valence-electron chi connectivity index (χ4n) is 1.66. The molecule has 0 unspecified atom stereocenters. The Hall–Kier alpha value is -2.45. The molecular formula is C14H8BrClN3O4-. The Morgan fingerprint density at radius 3 is 2.57 bits per heavy atom. The van der Waals surface area contributed by atoms with Crippen LogP contribution in [0.4, 0.5) is 5.69 Å². The van der Waals surface area contributed by atoms with Crippen LogP contribution in [-0.4, -0.2) is 17.0 Å². The van der Waals surface area contributed by atoms with Crippen LogP contribution in [0.25, 0.3) is 0 Å². The maximum atomic E-state index is 11.9. The Morgan fingerprint density at radius 1 is 1.30 bits per heavy atom. The smallest absolute Gasteiger partial charge is 0.271 e. The number of halogens is 2. The summed E-state index contributed by atoms with van der Waals surface area (Å²) in [4.78, 5) is 21.8. The Bertz CT molecular complexity index is 793. The van der Waals surface area contributed by atoms with E-state index in [-0.39, 0.29) is 5.56 Å². The van der Waals surface area contributed by atoms with Crippen molar-refractivity contribution in [2.24, 2.45) is 5.10 Å². The highest BCUT2D eigenvalue weighted by atomic mass is 79.9. The lowest BCUT2D eigenvalue weighted by Crippen LogP contribution is -2.17. The first kappa shape index (κ1) is 16.9. The predicted molar refractivity (Wildman–Crippen MR) is 86.8 cm³/mol. The minimum absolute atomic E-state index is 0.0255. The van der Waals surface area contributed by atoms with Gasteiger partial charge in [-0.2, -0.15) is 5.10 Å². The molecule has 2 rings (SSSR count). The summed E-state index contributed by atoms with van der Waals surface area (Å²) in [7, 11) is 0. The number of rotatable bonds is 4. The van der Waals surface area contributed by atoms with E-state index in [4.69, 9.17) is 11.6 Å². The molecule has 118 valence electrons. The van der Waals surface area contributed by atoms with Crippen molar-refractivity contribution in [2.45, 2.75) is 0 Å². The second-order valence-corrected chi connectivity index (χ2v) is 5.66. The Labute approximate surface area is 143 Å². The Morgan fingerprint density at radius 2 is 1.96 bits per heavy atom. The molecule has 23 heavy (non-hydrogen) atoms. The van der Waals surface area contributed by atoms with Crippen molar-refractivity contribution in [1.82, 2.24) is 5.43 Å². The SMILES string of the molecule is O=C(N/N=C\c1cc(Br)cc([N+](=O)[O-])c1[O-])c1ccc(Cl)cc1. The van der Waals surface area contributed by atoms with Gasteiger partial charge in [0.05, 0.1) is 11.1 Å². The number of hydrazone groups is 1. The van der Waals surface area contributed by atoms with Crippen molar-refractivity contribution in [1.29, 1.82) is 0 Å². The lowest BCUT2D eigenvalue weighted by atomic mass is 10.2. The molecule has 0 saturated heterocycles. The molecule has 0 spiro atoms. The van der Waals surface area contributed by atoms with Gasteiger partial charge in [0, 0.05) is 21.1 Å². The van der Waals surface area contributed by atoms with E-state index >= 15 is 0 Å². The highest BCUT2D eigenvalue weighted by Gasteiger charge is 2.11. The molecule has 0 saturated carbocycles. The minimum atomic E-state index is -0.789. The lowest BCUT2D eigenvalue weighted by Gasteiger charge is -2.10. The maximum absolute atomic E-state index is 11.9. The number of nitro groups is 1. The van der Waals surface area contributed by atoms with Gasteiger partial charge in [0.25, 0.3) is 11.6 Å². The molecule has 2 aromatic carbocycles. The molecule has 0 atom stereocenters. The molecule has 1 N–H and O–H groups in total. The van der Waals surface area contributed by atoms with Crippen LogP contribution in [0.1, 0.15) is 15.9 Å². The van der Waals surface area contributed by atoms with Crippen LogP contribution >= 0.6 is 27.5 Å². The van der Waals surface area contributed by atoms with E-state index in [9.17, 15) is 20.0 Å². The summed E-state index contributed by atoms with van der Waals surface area (Å²) in [5.41, 5.74) is 1.95. The zero-order valence-electron chi connectivity index (χ0n) is 11.3. The van der Waals surface area contributed by atoms with Crippen LogP contribution in [0, 0.1) is 10.1 Å². The molecule has 7 nitrogen and oxygen atoms in total. The van der Waals surface area contributed by atoms with E-state index in [0.717, 1.165) is 12.3 Å². The summed E-state index contributed by atoms with van der Waals surface area (Å²) >= 11 is 8.79. The Balaban J connectivity index is 2.16. The number of benzene rings is 2. The number of hydrogen-bond acceptors (Lipinski definition) is 5. The van der Waals surface area contributed by atoms with Crippen LogP contribution in [0.2, 0.25) is 5.02 Å². The topological polar surface area (TPSA) is 108 Å². The van der Waals surface area contributed by atoms with Gasteiger partial charge in [-0.15, -0.1) is 0 Å². The predicted octanol–water partition coefficient (Wildman–Crippen LogP) is 2.85. The molecule has 0 aliphatic rings. The third kappa shape index (κ3) is 4.27. The third-order valence-corrected chi connectivity index (χ3v) is 3.45. The monoisotopic (exact) mass is 396 g/mol. The van der Waals surface area contributed by atoms with Crippen molar-refractivity contribution < 1.29 is 14.8 Å². The van der Waals surface area contributed by atoms with Crippen molar-refractivity contribution in [3.8, 4) is 5.75 Å². The van der Waals surface area contributed by atoms with Crippen LogP contribution in [0.5, 0.6) is 5.75 Å². The maximum Gasteiger partial charge on any atom is 0.271 e. The third-order valence-electron chi connectivity index (χ3n) is 2.74. The molecule has 2 aromatic rings. The van der Waals surface area contributed by atoms with Gasteiger partial charge in [0.1, 0.15) is 0 Å². The first-order valence-electron chi connectivity index (χ1n) is 6.12. The summed E-state index contributed by atoms with van der Waals surface area (Å²) in [5.74, 6) is -1.29. The van der Waals surface area contributed by atoms with Crippen LogP contribution in [0.3, 0.4) is 0 Å². The number of hydrogen-bond donors (Lipinski definition) is 1. The Kier molecular flexibility index (Phi) is 5.30. The van der Waals surface area contributed by atoms with Crippen molar-refractivity contribution >= 4 is 45.3 Å². The van der Waals surface area contributed by atoms with Gasteiger partial charge in [0.15, 0.2) is 0 Å². The van der Waals surface area contributed by atoms with Crippen molar-refractivity contribution in [2.75, 3.05) is 0 Å². The molecular weight excluding hydrogens is 390 g/mol. The van der Waals surface area contributed by atoms with Crippen LogP contribution < -0.4 is 10.5 Å². The zero-order valence-corrected chi connectivity index (χ0v) is 13.7. The lowest BCUT2D eigenvalue weighted by molar-refractivity contribution is -0.398. The highest BCUT2D eigenvalue weighted by Crippen LogP contribution is 2.30. The molecule has 0 aliphatic carbocycles. The average molecular weight is 398 g/mol. The molecule has 0 aromatic heterocycles. The molecule has 0 heterocycles. The summed E-state index contributed by atoms with van der Waals surface area (Å²) in [6.45, 7) is 0. The highest BCUT2D eigenvalue weighted by molar-refractivity contribution is 9.10. The van der Waals surface area contributed by atoms with E-state index < -0.39 is 22.3 Å². The van der Waals surface area contributed by atoms with Gasteiger partial charge in [-0.25, -0.2) is 5.43 Å². The van der Waals surface area contributed by atoms with Gasteiger partial charge < -0.3 is 5.11 Å². The first-order chi connectivity index (χ1) is 10.9. The second-order valence-electron chi connectivity index (χ2n) is 4.31. The summed E-state index contributed by atoms with van der Waals surface area (Å²) in [6.07, 6.45) is 1.05. The van der Waals surface area contributed by atoms with E-state index in [1.54, 1.807) is 12.1 Å². The number of carbonyl (C=O) groups excluding carboxylic acids is 1. The number of nitro benzene ring substituents is 1. The first-order valence-corrected chi connectivity index (χ1v) is 7.29. The molecule has 0 fully saturated rings. The average Bonchev–Trinajstić information content (AvgIpc) is 2.50. The normalized spacial score (nSPS) is 10.7. The van der Waals surface area contributed by atoms with Gasteiger partial charge in [0.2, 0.25) is 0 Å². The molecule has 0 bridgehead atoms. The van der Waals surface area contributed by atoms with E-state index in [1.165, 1.54) is 18.2 Å². The quantitative estimate of drug-likeness (QED) is 0.486. The number of carbonyl (C=O) groups is 1. The molecule has 1 amide bonds.